The standard InChI is InChI=1S/C25H25FN6OS/c1-15(2)20-14-34-23-18(20)8-10-28-24(23)32(17-5-4-9-27-12-17)25(33)19-7-6-16(11-21(19)26)22-13-31(3)30-29-22/h6-8,10-11,13-14,17,27H,1,4-5,9,12H2,2-3H3/t17-/m1/s1. The van der Waals surface area contributed by atoms with Gasteiger partial charge in [0.2, 0.25) is 0 Å². The Morgan fingerprint density at radius 3 is 2.85 bits per heavy atom. The van der Waals surface area contributed by atoms with E-state index in [4.69, 9.17) is 0 Å². The Labute approximate surface area is 200 Å². The molecule has 0 radical (unpaired) electrons. The number of hydrogen-bond donors (Lipinski definition) is 1. The maximum atomic E-state index is 15.3. The molecule has 0 aliphatic carbocycles. The van der Waals surface area contributed by atoms with Crippen molar-refractivity contribution in [2.75, 3.05) is 18.0 Å². The Hall–Kier alpha value is -3.43. The van der Waals surface area contributed by atoms with Gasteiger partial charge in [0.1, 0.15) is 11.5 Å². The molecule has 0 spiro atoms. The monoisotopic (exact) mass is 476 g/mol. The molecular formula is C25H25FN6OS. The number of fused-ring (bicyclic) bond motifs is 1. The first kappa shape index (κ1) is 22.4. The molecule has 7 nitrogen and oxygen atoms in total. The summed E-state index contributed by atoms with van der Waals surface area (Å²) in [5.41, 5.74) is 3.11. The highest BCUT2D eigenvalue weighted by Crippen LogP contribution is 2.37. The van der Waals surface area contributed by atoms with Crippen LogP contribution in [-0.2, 0) is 7.05 Å². The summed E-state index contributed by atoms with van der Waals surface area (Å²) in [4.78, 5) is 20.2. The molecule has 0 bridgehead atoms. The highest BCUT2D eigenvalue weighted by atomic mass is 32.1. The predicted octanol–water partition coefficient (Wildman–Crippen LogP) is 4.66. The fourth-order valence-corrected chi connectivity index (χ4v) is 5.52. The number of hydrogen-bond acceptors (Lipinski definition) is 6. The van der Waals surface area contributed by atoms with Crippen molar-refractivity contribution < 1.29 is 9.18 Å². The van der Waals surface area contributed by atoms with Crippen LogP contribution in [0.25, 0.3) is 26.9 Å². The average Bonchev–Trinajstić information content (AvgIpc) is 3.47. The number of allylic oxidation sites excluding steroid dienone is 1. The second kappa shape index (κ2) is 9.08. The summed E-state index contributed by atoms with van der Waals surface area (Å²) in [5, 5.41) is 14.3. The number of pyridine rings is 1. The van der Waals surface area contributed by atoms with Crippen LogP contribution in [-0.4, -0.2) is 45.0 Å². The zero-order valence-corrected chi connectivity index (χ0v) is 19.9. The largest absolute Gasteiger partial charge is 0.315 e. The Morgan fingerprint density at radius 1 is 1.32 bits per heavy atom. The molecular weight excluding hydrogens is 451 g/mol. The molecule has 174 valence electrons. The Bertz CT molecular complexity index is 1390. The lowest BCUT2D eigenvalue weighted by molar-refractivity contribution is 0.0968. The van der Waals surface area contributed by atoms with Crippen LogP contribution >= 0.6 is 11.3 Å². The lowest BCUT2D eigenvalue weighted by Gasteiger charge is -2.34. The number of piperidine rings is 1. The summed E-state index contributed by atoms with van der Waals surface area (Å²) < 4.78 is 17.8. The van der Waals surface area contributed by atoms with E-state index in [9.17, 15) is 4.79 Å². The highest BCUT2D eigenvalue weighted by molar-refractivity contribution is 7.18. The van der Waals surface area contributed by atoms with Gasteiger partial charge in [-0.05, 0) is 61.0 Å². The van der Waals surface area contributed by atoms with Crippen molar-refractivity contribution in [1.29, 1.82) is 0 Å². The number of carbonyl (C=O) groups is 1. The van der Waals surface area contributed by atoms with Gasteiger partial charge in [-0.1, -0.05) is 17.9 Å². The van der Waals surface area contributed by atoms with Crippen LogP contribution in [0.4, 0.5) is 10.2 Å². The summed E-state index contributed by atoms with van der Waals surface area (Å²) in [5.74, 6) is -0.434. The molecule has 0 saturated carbocycles. The minimum absolute atomic E-state index is 0.00805. The number of carbonyl (C=O) groups excluding carboxylic acids is 1. The molecule has 1 atom stereocenters. The Kier molecular flexibility index (Phi) is 5.97. The van der Waals surface area contributed by atoms with E-state index >= 15 is 4.39 Å². The summed E-state index contributed by atoms with van der Waals surface area (Å²) in [6.07, 6.45) is 5.16. The van der Waals surface area contributed by atoms with Crippen LogP contribution < -0.4 is 10.2 Å². The topological polar surface area (TPSA) is 75.9 Å². The van der Waals surface area contributed by atoms with Crippen molar-refractivity contribution in [2.24, 2.45) is 7.05 Å². The van der Waals surface area contributed by atoms with E-state index in [1.165, 1.54) is 23.5 Å². The normalized spacial score (nSPS) is 16.0. The number of anilines is 1. The highest BCUT2D eigenvalue weighted by Gasteiger charge is 2.32. The maximum Gasteiger partial charge on any atom is 0.262 e. The number of amides is 1. The Balaban J connectivity index is 1.59. The van der Waals surface area contributed by atoms with Crippen molar-refractivity contribution in [3.05, 3.63) is 65.6 Å². The SMILES string of the molecule is C=C(C)c1csc2c(N(C(=O)c3ccc(-c4cn(C)nn4)cc3F)[C@@H]3CCCNC3)nccc12. The number of thiophene rings is 1. The molecule has 9 heteroatoms. The van der Waals surface area contributed by atoms with Crippen molar-refractivity contribution in [3.63, 3.8) is 0 Å². The third kappa shape index (κ3) is 4.01. The van der Waals surface area contributed by atoms with E-state index in [0.717, 1.165) is 40.6 Å². The molecule has 4 aromatic rings. The van der Waals surface area contributed by atoms with Crippen molar-refractivity contribution in [3.8, 4) is 11.3 Å². The molecule has 0 unspecified atom stereocenters. The molecule has 34 heavy (non-hydrogen) atoms. The quantitative estimate of drug-likeness (QED) is 0.453. The lowest BCUT2D eigenvalue weighted by Crippen LogP contribution is -2.49. The second-order valence-corrected chi connectivity index (χ2v) is 9.47. The van der Waals surface area contributed by atoms with Gasteiger partial charge in [-0.2, -0.15) is 0 Å². The number of benzene rings is 1. The molecule has 1 aliphatic rings. The molecule has 1 fully saturated rings. The number of nitrogens with one attached hydrogen (secondary N) is 1. The van der Waals surface area contributed by atoms with Crippen LogP contribution in [0.2, 0.25) is 0 Å². The third-order valence-corrected chi connectivity index (χ3v) is 7.10. The van der Waals surface area contributed by atoms with E-state index < -0.39 is 11.7 Å². The van der Waals surface area contributed by atoms with Crippen molar-refractivity contribution >= 4 is 38.7 Å². The van der Waals surface area contributed by atoms with E-state index in [0.29, 0.717) is 23.6 Å². The first-order chi connectivity index (χ1) is 16.4. The molecule has 1 aromatic carbocycles. The Morgan fingerprint density at radius 2 is 2.18 bits per heavy atom. The van der Waals surface area contributed by atoms with Gasteiger partial charge in [0, 0.05) is 30.7 Å². The number of aryl methyl sites for hydroxylation is 1. The van der Waals surface area contributed by atoms with Gasteiger partial charge in [0.05, 0.1) is 22.5 Å². The summed E-state index contributed by atoms with van der Waals surface area (Å²) >= 11 is 1.53. The van der Waals surface area contributed by atoms with Crippen LogP contribution in [0.1, 0.15) is 35.7 Å². The lowest BCUT2D eigenvalue weighted by atomic mass is 10.0. The van der Waals surface area contributed by atoms with Crippen molar-refractivity contribution in [1.82, 2.24) is 25.3 Å². The van der Waals surface area contributed by atoms with Crippen molar-refractivity contribution in [2.45, 2.75) is 25.8 Å². The first-order valence-electron chi connectivity index (χ1n) is 11.2. The minimum atomic E-state index is -0.595. The smallest absolute Gasteiger partial charge is 0.262 e. The van der Waals surface area contributed by atoms with Gasteiger partial charge in [-0.25, -0.2) is 9.37 Å². The molecule has 1 amide bonds. The van der Waals surface area contributed by atoms with Gasteiger partial charge in [0.15, 0.2) is 5.82 Å². The molecule has 3 aromatic heterocycles. The molecule has 4 heterocycles. The van der Waals surface area contributed by atoms with E-state index in [2.05, 4.69) is 27.2 Å². The van der Waals surface area contributed by atoms with Crippen LogP contribution in [0.3, 0.4) is 0 Å². The fraction of sp³-hybridized carbons (Fsp3) is 0.280. The maximum absolute atomic E-state index is 15.3. The predicted molar refractivity (Wildman–Crippen MR) is 133 cm³/mol. The third-order valence-electron chi connectivity index (χ3n) is 6.11. The summed E-state index contributed by atoms with van der Waals surface area (Å²) in [6, 6.07) is 6.38. The number of rotatable bonds is 5. The number of aromatic nitrogens is 4. The van der Waals surface area contributed by atoms with Gasteiger partial charge in [-0.3, -0.25) is 14.4 Å². The van der Waals surface area contributed by atoms with E-state index in [1.54, 1.807) is 35.1 Å². The van der Waals surface area contributed by atoms with Gasteiger partial charge >= 0.3 is 0 Å². The summed E-state index contributed by atoms with van der Waals surface area (Å²) in [7, 11) is 1.75. The second-order valence-electron chi connectivity index (χ2n) is 8.59. The zero-order valence-electron chi connectivity index (χ0n) is 19.1. The summed E-state index contributed by atoms with van der Waals surface area (Å²) in [6.45, 7) is 7.56. The zero-order chi connectivity index (χ0) is 23.8. The van der Waals surface area contributed by atoms with Crippen LogP contribution in [0.5, 0.6) is 0 Å². The van der Waals surface area contributed by atoms with E-state index in [1.807, 2.05) is 18.4 Å². The molecule has 1 saturated heterocycles. The number of nitrogens with zero attached hydrogens (tertiary/aromatic N) is 5. The molecule has 5 rings (SSSR count). The minimum Gasteiger partial charge on any atom is -0.315 e. The molecule has 1 aliphatic heterocycles. The van der Waals surface area contributed by atoms with E-state index in [-0.39, 0.29) is 11.6 Å². The molecule has 1 N–H and O–H groups in total. The van der Waals surface area contributed by atoms with Crippen LogP contribution in [0, 0.1) is 5.82 Å². The first-order valence-corrected chi connectivity index (χ1v) is 12.0. The van der Waals surface area contributed by atoms with Gasteiger partial charge in [0.25, 0.3) is 5.91 Å². The fourth-order valence-electron chi connectivity index (χ4n) is 4.39. The number of halogens is 1. The van der Waals surface area contributed by atoms with Gasteiger partial charge < -0.3 is 5.32 Å². The average molecular weight is 477 g/mol. The van der Waals surface area contributed by atoms with Crippen LogP contribution in [0.15, 0.2) is 48.6 Å². The van der Waals surface area contributed by atoms with Gasteiger partial charge in [-0.15, -0.1) is 16.4 Å².